The predicted molar refractivity (Wildman–Crippen MR) is 133 cm³/mol. The van der Waals surface area contributed by atoms with Crippen LogP contribution in [0.4, 0.5) is 4.39 Å². The van der Waals surface area contributed by atoms with Crippen LogP contribution in [0.15, 0.2) is 28.6 Å². The number of rotatable bonds is 10. The Kier molecular flexibility index (Phi) is 11.8. The maximum absolute atomic E-state index is 13.6. The number of hydrogen-bond acceptors (Lipinski definition) is 5. The van der Waals surface area contributed by atoms with Crippen molar-refractivity contribution in [3.8, 4) is 0 Å². The van der Waals surface area contributed by atoms with E-state index in [1.54, 1.807) is 11.3 Å². The topological polar surface area (TPSA) is 83.5 Å². The van der Waals surface area contributed by atoms with Crippen LogP contribution in [0.1, 0.15) is 41.6 Å². The van der Waals surface area contributed by atoms with Gasteiger partial charge >= 0.3 is 0 Å². The molecule has 6 nitrogen and oxygen atoms in total. The lowest BCUT2D eigenvalue weighted by Gasteiger charge is -2.12. The number of unbranched alkanes of at least 4 members (excludes halogenated alkanes) is 1. The molecule has 0 saturated carbocycles. The van der Waals surface area contributed by atoms with Gasteiger partial charge in [0.25, 0.3) is 0 Å². The Labute approximate surface area is 199 Å². The number of thiazole rings is 1. The molecule has 1 aromatic heterocycles. The summed E-state index contributed by atoms with van der Waals surface area (Å²) in [5, 5.41) is 9.66. The number of aromatic nitrogens is 1. The van der Waals surface area contributed by atoms with Gasteiger partial charge in [-0.2, -0.15) is 0 Å². The Morgan fingerprint density at radius 3 is 2.63 bits per heavy atom. The molecule has 2 rings (SSSR count). The van der Waals surface area contributed by atoms with Gasteiger partial charge < -0.3 is 10.6 Å². The van der Waals surface area contributed by atoms with Crippen LogP contribution in [0.5, 0.6) is 0 Å². The first-order valence-corrected chi connectivity index (χ1v) is 12.6. The standard InChI is InChI=1S/C20H29FN4O2S2.HI/c1-4-22-20(23-10-6-5-7-19-25-15(2)13-28-19)24-12-17-11-18(21)9-8-16(17)14-29(3,26)27;/h8-9,11,13H,4-7,10,12,14H2,1-3H3,(H2,22,23,24);1H. The van der Waals surface area contributed by atoms with Gasteiger partial charge in [-0.15, -0.1) is 35.3 Å². The molecule has 0 saturated heterocycles. The average molecular weight is 569 g/mol. The Bertz CT molecular complexity index is 933. The highest BCUT2D eigenvalue weighted by atomic mass is 127. The summed E-state index contributed by atoms with van der Waals surface area (Å²) in [4.78, 5) is 8.96. The van der Waals surface area contributed by atoms with E-state index in [9.17, 15) is 12.8 Å². The third-order valence-electron chi connectivity index (χ3n) is 4.11. The number of benzene rings is 1. The summed E-state index contributed by atoms with van der Waals surface area (Å²) in [6.07, 6.45) is 4.14. The molecule has 30 heavy (non-hydrogen) atoms. The first-order valence-electron chi connectivity index (χ1n) is 9.65. The number of nitrogens with zero attached hydrogens (tertiary/aromatic N) is 2. The fourth-order valence-electron chi connectivity index (χ4n) is 2.80. The minimum absolute atomic E-state index is 0. The number of hydrogen-bond donors (Lipinski definition) is 2. The number of nitrogens with one attached hydrogen (secondary N) is 2. The molecule has 0 spiro atoms. The van der Waals surface area contributed by atoms with E-state index in [0.717, 1.165) is 36.5 Å². The van der Waals surface area contributed by atoms with Gasteiger partial charge in [0.2, 0.25) is 0 Å². The molecule has 168 valence electrons. The predicted octanol–water partition coefficient (Wildman–Crippen LogP) is 3.83. The maximum Gasteiger partial charge on any atom is 0.191 e. The molecule has 0 atom stereocenters. The number of halogens is 2. The number of sulfone groups is 1. The summed E-state index contributed by atoms with van der Waals surface area (Å²) >= 11 is 1.69. The van der Waals surface area contributed by atoms with Crippen molar-refractivity contribution in [1.82, 2.24) is 15.6 Å². The van der Waals surface area contributed by atoms with Gasteiger partial charge in [-0.25, -0.2) is 22.8 Å². The Balaban J connectivity index is 0.00000450. The monoisotopic (exact) mass is 568 g/mol. The second kappa shape index (κ2) is 13.2. The summed E-state index contributed by atoms with van der Waals surface area (Å²) in [6, 6.07) is 4.15. The molecule has 0 aliphatic heterocycles. The zero-order valence-electron chi connectivity index (χ0n) is 17.6. The van der Waals surface area contributed by atoms with Crippen LogP contribution in [0.25, 0.3) is 0 Å². The number of aliphatic imine (C=N–C) groups is 1. The maximum atomic E-state index is 13.6. The van der Waals surface area contributed by atoms with Crippen LogP contribution >= 0.6 is 35.3 Å². The highest BCUT2D eigenvalue weighted by molar-refractivity contribution is 14.0. The van der Waals surface area contributed by atoms with Gasteiger partial charge in [0.05, 0.1) is 17.3 Å². The van der Waals surface area contributed by atoms with Crippen LogP contribution < -0.4 is 10.6 Å². The van der Waals surface area contributed by atoms with E-state index in [-0.39, 0.29) is 36.3 Å². The Hall–Kier alpha value is -1.27. The first kappa shape index (κ1) is 26.8. The van der Waals surface area contributed by atoms with Crippen molar-refractivity contribution in [1.29, 1.82) is 0 Å². The zero-order valence-corrected chi connectivity index (χ0v) is 21.5. The lowest BCUT2D eigenvalue weighted by Crippen LogP contribution is -2.37. The third kappa shape index (κ3) is 10.2. The summed E-state index contributed by atoms with van der Waals surface area (Å²) in [5.41, 5.74) is 2.22. The highest BCUT2D eigenvalue weighted by Gasteiger charge is 2.11. The third-order valence-corrected chi connectivity index (χ3v) is 5.98. The van der Waals surface area contributed by atoms with Gasteiger partial charge in [0, 0.05) is 30.4 Å². The fourth-order valence-corrected chi connectivity index (χ4v) is 4.46. The summed E-state index contributed by atoms with van der Waals surface area (Å²) < 4.78 is 36.9. The van der Waals surface area contributed by atoms with Crippen LogP contribution in [0.3, 0.4) is 0 Å². The molecule has 0 fully saturated rings. The second-order valence-corrected chi connectivity index (χ2v) is 10.0. The molecule has 0 amide bonds. The molecule has 1 heterocycles. The molecule has 10 heteroatoms. The molecule has 0 bridgehead atoms. The van der Waals surface area contributed by atoms with Crippen molar-refractivity contribution in [2.24, 2.45) is 4.99 Å². The quantitative estimate of drug-likeness (QED) is 0.197. The fraction of sp³-hybridized carbons (Fsp3) is 0.500. The van der Waals surface area contributed by atoms with Crippen LogP contribution in [0.2, 0.25) is 0 Å². The minimum atomic E-state index is -3.21. The van der Waals surface area contributed by atoms with Crippen molar-refractivity contribution in [3.05, 3.63) is 51.2 Å². The average Bonchev–Trinajstić information content (AvgIpc) is 3.05. The van der Waals surface area contributed by atoms with E-state index in [2.05, 4.69) is 26.0 Å². The van der Waals surface area contributed by atoms with Crippen molar-refractivity contribution < 1.29 is 12.8 Å². The van der Waals surface area contributed by atoms with Crippen molar-refractivity contribution in [3.63, 3.8) is 0 Å². The van der Waals surface area contributed by atoms with Crippen LogP contribution in [-0.2, 0) is 28.6 Å². The van der Waals surface area contributed by atoms with E-state index in [4.69, 9.17) is 0 Å². The lowest BCUT2D eigenvalue weighted by molar-refractivity contribution is 0.600. The van der Waals surface area contributed by atoms with Crippen molar-refractivity contribution in [2.45, 2.75) is 45.4 Å². The van der Waals surface area contributed by atoms with E-state index in [1.807, 2.05) is 13.8 Å². The highest BCUT2D eigenvalue weighted by Crippen LogP contribution is 2.16. The zero-order chi connectivity index (χ0) is 21.3. The molecular formula is C20H30FIN4O2S2. The lowest BCUT2D eigenvalue weighted by atomic mass is 10.1. The van der Waals surface area contributed by atoms with Gasteiger partial charge in [-0.3, -0.25) is 0 Å². The van der Waals surface area contributed by atoms with Crippen LogP contribution in [0, 0.1) is 12.7 Å². The molecular weight excluding hydrogens is 538 g/mol. The number of aryl methyl sites for hydroxylation is 2. The molecule has 0 aliphatic carbocycles. The smallest absolute Gasteiger partial charge is 0.191 e. The first-order chi connectivity index (χ1) is 13.8. The summed E-state index contributed by atoms with van der Waals surface area (Å²) in [5.74, 6) is 0.105. The number of guanidine groups is 1. The molecule has 0 aliphatic rings. The summed E-state index contributed by atoms with van der Waals surface area (Å²) in [7, 11) is -3.21. The normalized spacial score (nSPS) is 11.8. The molecule has 2 aromatic rings. The SMILES string of the molecule is CCNC(=NCc1cc(F)ccc1CS(C)(=O)=O)NCCCCc1nc(C)cs1.I. The Morgan fingerprint density at radius 2 is 2.00 bits per heavy atom. The Morgan fingerprint density at radius 1 is 1.23 bits per heavy atom. The van der Waals surface area contributed by atoms with Crippen molar-refractivity contribution in [2.75, 3.05) is 19.3 Å². The van der Waals surface area contributed by atoms with E-state index in [1.165, 1.54) is 24.5 Å². The van der Waals surface area contributed by atoms with Crippen LogP contribution in [-0.4, -0.2) is 38.7 Å². The molecule has 0 radical (unpaired) electrons. The molecule has 0 unspecified atom stereocenters. The van der Waals surface area contributed by atoms with Gasteiger partial charge in [0.15, 0.2) is 15.8 Å². The minimum Gasteiger partial charge on any atom is -0.357 e. The molecule has 2 N–H and O–H groups in total. The van der Waals surface area contributed by atoms with Gasteiger partial charge in [-0.05, 0) is 56.4 Å². The largest absolute Gasteiger partial charge is 0.357 e. The van der Waals surface area contributed by atoms with E-state index < -0.39 is 15.7 Å². The van der Waals surface area contributed by atoms with E-state index >= 15 is 0 Å². The van der Waals surface area contributed by atoms with Gasteiger partial charge in [0.1, 0.15) is 5.82 Å². The van der Waals surface area contributed by atoms with Gasteiger partial charge in [-0.1, -0.05) is 6.07 Å². The second-order valence-electron chi connectivity index (χ2n) is 6.94. The molecule has 1 aromatic carbocycles. The summed E-state index contributed by atoms with van der Waals surface area (Å²) in [6.45, 7) is 5.63. The van der Waals surface area contributed by atoms with Crippen molar-refractivity contribution >= 4 is 51.1 Å². The van der Waals surface area contributed by atoms with E-state index in [0.29, 0.717) is 23.6 Å².